The zero-order chi connectivity index (χ0) is 21.2. The van der Waals surface area contributed by atoms with E-state index in [0.29, 0.717) is 12.5 Å². The minimum absolute atomic E-state index is 0. The molecule has 1 fully saturated rings. The summed E-state index contributed by atoms with van der Waals surface area (Å²) in [4.78, 5) is 19.2. The number of aliphatic imine (C=N–C) groups is 1. The van der Waals surface area contributed by atoms with Crippen LogP contribution in [0, 0.1) is 12.8 Å². The molecule has 0 saturated carbocycles. The van der Waals surface area contributed by atoms with Crippen molar-refractivity contribution >= 4 is 35.8 Å². The number of guanidine groups is 1. The van der Waals surface area contributed by atoms with E-state index in [4.69, 9.17) is 0 Å². The molecule has 6 nitrogen and oxygen atoms in total. The Balaban J connectivity index is 0.00000450. The van der Waals surface area contributed by atoms with Crippen molar-refractivity contribution in [2.24, 2.45) is 10.9 Å². The van der Waals surface area contributed by atoms with E-state index in [1.165, 1.54) is 5.56 Å². The molecule has 0 aromatic heterocycles. The predicted octanol–water partition coefficient (Wildman–Crippen LogP) is 3.63. The molecular weight excluding hydrogens is 491 g/mol. The van der Waals surface area contributed by atoms with Gasteiger partial charge in [0.05, 0.1) is 12.6 Å². The molecule has 1 unspecified atom stereocenters. The van der Waals surface area contributed by atoms with Crippen LogP contribution in [0.4, 0.5) is 0 Å². The van der Waals surface area contributed by atoms with Crippen LogP contribution in [0.1, 0.15) is 63.7 Å². The highest BCUT2D eigenvalue weighted by Crippen LogP contribution is 2.18. The second-order valence-corrected chi connectivity index (χ2v) is 7.90. The smallest absolute Gasteiger partial charge is 0.225 e. The third kappa shape index (κ3) is 8.06. The molecule has 0 radical (unpaired) electrons. The number of nitrogens with zero attached hydrogens (tertiary/aromatic N) is 2. The molecule has 7 heteroatoms. The van der Waals surface area contributed by atoms with Gasteiger partial charge in [-0.2, -0.15) is 0 Å². The first-order valence-electron chi connectivity index (χ1n) is 11.1. The Morgan fingerprint density at radius 2 is 1.77 bits per heavy atom. The number of nitrogens with one attached hydrogen (secondary N) is 2. The average molecular weight is 530 g/mol. The van der Waals surface area contributed by atoms with Crippen LogP contribution in [-0.4, -0.2) is 54.1 Å². The molecule has 3 N–H and O–H groups in total. The number of likely N-dealkylation sites (tertiary alicyclic amines) is 1. The lowest BCUT2D eigenvalue weighted by molar-refractivity contribution is -0.136. The van der Waals surface area contributed by atoms with Gasteiger partial charge in [0, 0.05) is 31.6 Å². The first-order chi connectivity index (χ1) is 14.0. The van der Waals surface area contributed by atoms with Crippen LogP contribution in [0.3, 0.4) is 0 Å². The minimum atomic E-state index is -0.620. The highest BCUT2D eigenvalue weighted by atomic mass is 127. The molecule has 170 valence electrons. The average Bonchev–Trinajstić information content (AvgIpc) is 2.73. The number of hydrogen-bond donors (Lipinski definition) is 3. The number of benzene rings is 1. The van der Waals surface area contributed by atoms with E-state index in [2.05, 4.69) is 29.5 Å². The molecule has 0 bridgehead atoms. The van der Waals surface area contributed by atoms with Crippen molar-refractivity contribution in [2.75, 3.05) is 26.2 Å². The van der Waals surface area contributed by atoms with Crippen molar-refractivity contribution < 1.29 is 9.90 Å². The summed E-state index contributed by atoms with van der Waals surface area (Å²) in [6.07, 6.45) is 3.03. The Morgan fingerprint density at radius 1 is 1.17 bits per heavy atom. The molecule has 30 heavy (non-hydrogen) atoms. The normalized spacial score (nSPS) is 16.2. The number of carbonyl (C=O) groups is 1. The van der Waals surface area contributed by atoms with Crippen molar-refractivity contribution in [3.8, 4) is 0 Å². The van der Waals surface area contributed by atoms with Crippen LogP contribution < -0.4 is 10.6 Å². The van der Waals surface area contributed by atoms with Crippen molar-refractivity contribution in [2.45, 2.75) is 65.5 Å². The zero-order valence-electron chi connectivity index (χ0n) is 18.9. The molecule has 1 aliphatic rings. The number of aliphatic hydroxyl groups excluding tert-OH is 1. The number of carbonyl (C=O) groups excluding carboxylic acids is 1. The van der Waals surface area contributed by atoms with E-state index < -0.39 is 6.10 Å². The largest absolute Gasteiger partial charge is 0.386 e. The summed E-state index contributed by atoms with van der Waals surface area (Å²) in [5, 5.41) is 17.2. The summed E-state index contributed by atoms with van der Waals surface area (Å²) in [5.74, 6) is 1.18. The molecule has 1 aliphatic heterocycles. The number of aryl methyl sites for hydroxylation is 1. The Morgan fingerprint density at radius 3 is 2.30 bits per heavy atom. The van der Waals surface area contributed by atoms with Gasteiger partial charge in [-0.3, -0.25) is 9.79 Å². The lowest BCUT2D eigenvalue weighted by Crippen LogP contribution is -2.50. The van der Waals surface area contributed by atoms with Gasteiger partial charge in [-0.25, -0.2) is 0 Å². The van der Waals surface area contributed by atoms with E-state index in [1.807, 2.05) is 43.0 Å². The van der Waals surface area contributed by atoms with Crippen molar-refractivity contribution in [3.05, 3.63) is 35.4 Å². The monoisotopic (exact) mass is 530 g/mol. The van der Waals surface area contributed by atoms with Gasteiger partial charge in [0.15, 0.2) is 5.96 Å². The van der Waals surface area contributed by atoms with Crippen LogP contribution in [-0.2, 0) is 4.79 Å². The molecule has 0 spiro atoms. The zero-order valence-corrected chi connectivity index (χ0v) is 21.2. The third-order valence-electron chi connectivity index (χ3n) is 5.71. The Labute approximate surface area is 198 Å². The minimum Gasteiger partial charge on any atom is -0.386 e. The molecule has 1 saturated heterocycles. The number of hydrogen-bond acceptors (Lipinski definition) is 3. The fourth-order valence-electron chi connectivity index (χ4n) is 3.73. The highest BCUT2D eigenvalue weighted by molar-refractivity contribution is 14.0. The Kier molecular flexibility index (Phi) is 12.3. The van der Waals surface area contributed by atoms with Crippen molar-refractivity contribution in [1.29, 1.82) is 0 Å². The maximum Gasteiger partial charge on any atom is 0.225 e. The van der Waals surface area contributed by atoms with Crippen LogP contribution in [0.2, 0.25) is 0 Å². The van der Waals surface area contributed by atoms with E-state index in [-0.39, 0.29) is 35.9 Å². The lowest BCUT2D eigenvalue weighted by Gasteiger charge is -2.35. The topological polar surface area (TPSA) is 77.0 Å². The second kappa shape index (κ2) is 13.9. The van der Waals surface area contributed by atoms with Crippen LogP contribution in [0.5, 0.6) is 0 Å². The number of rotatable bonds is 8. The molecule has 1 amide bonds. The van der Waals surface area contributed by atoms with E-state index >= 15 is 0 Å². The van der Waals surface area contributed by atoms with Gasteiger partial charge in [-0.15, -0.1) is 24.0 Å². The van der Waals surface area contributed by atoms with Gasteiger partial charge in [0.2, 0.25) is 5.91 Å². The maximum atomic E-state index is 12.6. The number of piperidine rings is 1. The van der Waals surface area contributed by atoms with Gasteiger partial charge >= 0.3 is 0 Å². The van der Waals surface area contributed by atoms with Gasteiger partial charge in [0.1, 0.15) is 0 Å². The Bertz CT molecular complexity index is 654. The highest BCUT2D eigenvalue weighted by Gasteiger charge is 2.26. The SMILES string of the molecule is CCNC(=NCC(O)c1ccc(C)cc1)NC1CCN(C(=O)C(CC)CC)CC1.I. The summed E-state index contributed by atoms with van der Waals surface area (Å²) in [6, 6.07) is 8.19. The maximum absolute atomic E-state index is 12.6. The lowest BCUT2D eigenvalue weighted by atomic mass is 9.98. The van der Waals surface area contributed by atoms with E-state index in [0.717, 1.165) is 56.8 Å². The van der Waals surface area contributed by atoms with Crippen molar-refractivity contribution in [3.63, 3.8) is 0 Å². The molecule has 0 aliphatic carbocycles. The number of amides is 1. The summed E-state index contributed by atoms with van der Waals surface area (Å²) in [5.41, 5.74) is 2.05. The second-order valence-electron chi connectivity index (χ2n) is 7.90. The fourth-order valence-corrected chi connectivity index (χ4v) is 3.73. The molecule has 2 rings (SSSR count). The van der Waals surface area contributed by atoms with Gasteiger partial charge < -0.3 is 20.6 Å². The van der Waals surface area contributed by atoms with Crippen molar-refractivity contribution in [1.82, 2.24) is 15.5 Å². The molecule has 1 aromatic carbocycles. The molecule has 1 aromatic rings. The first-order valence-corrected chi connectivity index (χ1v) is 11.1. The van der Waals surface area contributed by atoms with Gasteiger partial charge in [0.25, 0.3) is 0 Å². The van der Waals surface area contributed by atoms with Gasteiger partial charge in [-0.1, -0.05) is 43.7 Å². The quantitative estimate of drug-likeness (QED) is 0.273. The van der Waals surface area contributed by atoms with E-state index in [9.17, 15) is 9.90 Å². The van der Waals surface area contributed by atoms with Crippen LogP contribution >= 0.6 is 24.0 Å². The van der Waals surface area contributed by atoms with Gasteiger partial charge in [-0.05, 0) is 45.1 Å². The molecule has 1 heterocycles. The van der Waals surface area contributed by atoms with Crippen LogP contribution in [0.15, 0.2) is 29.3 Å². The number of aliphatic hydroxyl groups is 1. The fraction of sp³-hybridized carbons (Fsp3) is 0.652. The summed E-state index contributed by atoms with van der Waals surface area (Å²) in [6.45, 7) is 10.9. The number of halogens is 1. The predicted molar refractivity (Wildman–Crippen MR) is 134 cm³/mol. The molecule has 1 atom stereocenters. The van der Waals surface area contributed by atoms with E-state index in [1.54, 1.807) is 0 Å². The third-order valence-corrected chi connectivity index (χ3v) is 5.71. The summed E-state index contributed by atoms with van der Waals surface area (Å²) >= 11 is 0. The summed E-state index contributed by atoms with van der Waals surface area (Å²) < 4.78 is 0. The molecular formula is C23H39IN4O2. The Hall–Kier alpha value is -1.35. The summed E-state index contributed by atoms with van der Waals surface area (Å²) in [7, 11) is 0. The first kappa shape index (κ1) is 26.7. The standard InChI is InChI=1S/C23H38N4O2.HI/c1-5-18(6-2)22(29)27-14-12-20(13-15-27)26-23(24-7-3)25-16-21(28)19-10-8-17(4)9-11-19;/h8-11,18,20-21,28H,5-7,12-16H2,1-4H3,(H2,24,25,26);1H. The van der Waals surface area contributed by atoms with Crippen LogP contribution in [0.25, 0.3) is 0 Å².